The molecule has 0 unspecified atom stereocenters. The van der Waals surface area contributed by atoms with E-state index in [-0.39, 0.29) is 18.3 Å². The van der Waals surface area contributed by atoms with Gasteiger partial charge in [-0.3, -0.25) is 4.79 Å². The fourth-order valence-corrected chi connectivity index (χ4v) is 3.22. The van der Waals surface area contributed by atoms with Gasteiger partial charge in [0.1, 0.15) is 12.4 Å². The Hall–Kier alpha value is -2.34. The molecule has 1 aromatic heterocycles. The fraction of sp³-hybridized carbons (Fsp3) is 0.421. The third-order valence-electron chi connectivity index (χ3n) is 4.60. The molecule has 1 saturated heterocycles. The van der Waals surface area contributed by atoms with Crippen molar-refractivity contribution < 1.29 is 18.3 Å². The lowest BCUT2D eigenvalue weighted by Gasteiger charge is -2.22. The Kier molecular flexibility index (Phi) is 5.08. The van der Waals surface area contributed by atoms with Crippen LogP contribution in [0.5, 0.6) is 5.75 Å². The standard InChI is InChI=1S/C19H23FN2O3/c1-13-10-22(11-16(13)21(2)3)19(23)18-9-8-14(25-18)12-24-17-7-5-4-6-15(17)20/h4-9,13,16H,10-12H2,1-3H3/t13-,16+/m0/s1. The lowest BCUT2D eigenvalue weighted by molar-refractivity contribution is 0.0745. The van der Waals surface area contributed by atoms with Crippen molar-refractivity contribution in [1.82, 2.24) is 9.80 Å². The van der Waals surface area contributed by atoms with Gasteiger partial charge in [0.2, 0.25) is 0 Å². The predicted octanol–water partition coefficient (Wildman–Crippen LogP) is 3.02. The lowest BCUT2D eigenvalue weighted by atomic mass is 10.1. The van der Waals surface area contributed by atoms with Crippen LogP contribution in [0.15, 0.2) is 40.8 Å². The van der Waals surface area contributed by atoms with E-state index in [0.717, 1.165) is 0 Å². The minimum atomic E-state index is -0.425. The van der Waals surface area contributed by atoms with Crippen LogP contribution < -0.4 is 4.74 Å². The first-order valence-corrected chi connectivity index (χ1v) is 8.37. The lowest BCUT2D eigenvalue weighted by Crippen LogP contribution is -2.35. The summed E-state index contributed by atoms with van der Waals surface area (Å²) in [5, 5.41) is 0. The Bertz CT molecular complexity index is 744. The van der Waals surface area contributed by atoms with Crippen molar-refractivity contribution in [1.29, 1.82) is 0 Å². The molecule has 1 aliphatic heterocycles. The van der Waals surface area contributed by atoms with Crippen LogP contribution in [0.1, 0.15) is 23.2 Å². The molecule has 1 aromatic carbocycles. The molecule has 5 nitrogen and oxygen atoms in total. The van der Waals surface area contributed by atoms with Crippen LogP contribution in [0.3, 0.4) is 0 Å². The maximum Gasteiger partial charge on any atom is 0.289 e. The van der Waals surface area contributed by atoms with Gasteiger partial charge in [-0.2, -0.15) is 0 Å². The fourth-order valence-electron chi connectivity index (χ4n) is 3.22. The van der Waals surface area contributed by atoms with Crippen LogP contribution in [-0.2, 0) is 6.61 Å². The van der Waals surface area contributed by atoms with Gasteiger partial charge in [0.25, 0.3) is 5.91 Å². The molecule has 2 heterocycles. The first kappa shape index (κ1) is 17.5. The zero-order valence-corrected chi connectivity index (χ0v) is 14.7. The van der Waals surface area contributed by atoms with Crippen LogP contribution >= 0.6 is 0 Å². The molecular formula is C19H23FN2O3. The van der Waals surface area contributed by atoms with Crippen molar-refractivity contribution in [3.05, 3.63) is 53.7 Å². The number of benzene rings is 1. The molecule has 2 atom stereocenters. The number of rotatable bonds is 5. The molecule has 0 spiro atoms. The van der Waals surface area contributed by atoms with E-state index in [1.165, 1.54) is 6.07 Å². The monoisotopic (exact) mass is 346 g/mol. The average Bonchev–Trinajstić information content (AvgIpc) is 3.20. The summed E-state index contributed by atoms with van der Waals surface area (Å²) in [5.41, 5.74) is 0. The maximum atomic E-state index is 13.5. The first-order chi connectivity index (χ1) is 12.0. The van der Waals surface area contributed by atoms with Crippen LogP contribution in [0, 0.1) is 11.7 Å². The van der Waals surface area contributed by atoms with Crippen molar-refractivity contribution in [2.75, 3.05) is 27.2 Å². The normalized spacial score (nSPS) is 20.3. The van der Waals surface area contributed by atoms with Gasteiger partial charge in [-0.1, -0.05) is 19.1 Å². The molecule has 2 aromatic rings. The highest BCUT2D eigenvalue weighted by Gasteiger charge is 2.34. The summed E-state index contributed by atoms with van der Waals surface area (Å²) >= 11 is 0. The molecule has 0 saturated carbocycles. The average molecular weight is 346 g/mol. The molecule has 0 aliphatic carbocycles. The van der Waals surface area contributed by atoms with Gasteiger partial charge in [0.15, 0.2) is 17.3 Å². The number of ether oxygens (including phenoxy) is 1. The van der Waals surface area contributed by atoms with Crippen molar-refractivity contribution >= 4 is 5.91 Å². The topological polar surface area (TPSA) is 45.9 Å². The second-order valence-corrected chi connectivity index (χ2v) is 6.70. The number of likely N-dealkylation sites (N-methyl/N-ethyl adjacent to an activating group) is 1. The third-order valence-corrected chi connectivity index (χ3v) is 4.60. The summed E-state index contributed by atoms with van der Waals surface area (Å²) in [5.74, 6) is 0.813. The van der Waals surface area contributed by atoms with Gasteiger partial charge >= 0.3 is 0 Å². The second-order valence-electron chi connectivity index (χ2n) is 6.70. The molecular weight excluding hydrogens is 323 g/mol. The van der Waals surface area contributed by atoms with E-state index >= 15 is 0 Å². The zero-order valence-electron chi connectivity index (χ0n) is 14.7. The van der Waals surface area contributed by atoms with E-state index in [9.17, 15) is 9.18 Å². The summed E-state index contributed by atoms with van der Waals surface area (Å²) in [7, 11) is 4.06. The third kappa shape index (κ3) is 3.85. The van der Waals surface area contributed by atoms with Gasteiger partial charge in [-0.25, -0.2) is 4.39 Å². The first-order valence-electron chi connectivity index (χ1n) is 8.37. The molecule has 134 valence electrons. The Morgan fingerprint density at radius 2 is 2.04 bits per heavy atom. The number of halogens is 1. The van der Waals surface area contributed by atoms with E-state index in [4.69, 9.17) is 9.15 Å². The Morgan fingerprint density at radius 3 is 2.72 bits per heavy atom. The summed E-state index contributed by atoms with van der Waals surface area (Å²) in [6.45, 7) is 3.62. The molecule has 0 bridgehead atoms. The van der Waals surface area contributed by atoms with E-state index in [1.807, 2.05) is 19.0 Å². The van der Waals surface area contributed by atoms with E-state index < -0.39 is 5.82 Å². The molecule has 1 amide bonds. The largest absolute Gasteiger partial charge is 0.483 e. The summed E-state index contributed by atoms with van der Waals surface area (Å²) < 4.78 is 24.6. The van der Waals surface area contributed by atoms with E-state index in [2.05, 4.69) is 11.8 Å². The Balaban J connectivity index is 1.61. The zero-order chi connectivity index (χ0) is 18.0. The van der Waals surface area contributed by atoms with Crippen molar-refractivity contribution in [3.63, 3.8) is 0 Å². The predicted molar refractivity (Wildman–Crippen MR) is 92.0 cm³/mol. The van der Waals surface area contributed by atoms with E-state index in [1.54, 1.807) is 30.3 Å². The quantitative estimate of drug-likeness (QED) is 0.835. The summed E-state index contributed by atoms with van der Waals surface area (Å²) in [6, 6.07) is 9.88. The molecule has 6 heteroatoms. The molecule has 1 fully saturated rings. The molecule has 1 aliphatic rings. The number of furan rings is 1. The highest BCUT2D eigenvalue weighted by atomic mass is 19.1. The SMILES string of the molecule is C[C@H]1CN(C(=O)c2ccc(COc3ccccc3F)o2)C[C@H]1N(C)C. The minimum Gasteiger partial charge on any atom is -0.483 e. The van der Waals surface area contributed by atoms with E-state index in [0.29, 0.717) is 36.6 Å². The van der Waals surface area contributed by atoms with Gasteiger partial charge in [0, 0.05) is 19.1 Å². The number of carbonyl (C=O) groups excluding carboxylic acids is 1. The highest BCUT2D eigenvalue weighted by Crippen LogP contribution is 2.23. The molecule has 25 heavy (non-hydrogen) atoms. The molecule has 3 rings (SSSR count). The number of para-hydroxylation sites is 1. The Labute approximate surface area is 147 Å². The van der Waals surface area contributed by atoms with Crippen LogP contribution in [0.2, 0.25) is 0 Å². The van der Waals surface area contributed by atoms with Crippen molar-refractivity contribution in [2.45, 2.75) is 19.6 Å². The summed E-state index contributed by atoms with van der Waals surface area (Å²) in [6.07, 6.45) is 0. The van der Waals surface area contributed by atoms with Crippen molar-refractivity contribution in [3.8, 4) is 5.75 Å². The molecule has 0 radical (unpaired) electrons. The maximum absolute atomic E-state index is 13.5. The number of hydrogen-bond acceptors (Lipinski definition) is 4. The van der Waals surface area contributed by atoms with Crippen LogP contribution in [0.4, 0.5) is 4.39 Å². The van der Waals surface area contributed by atoms with Crippen molar-refractivity contribution in [2.24, 2.45) is 5.92 Å². The van der Waals surface area contributed by atoms with Gasteiger partial charge in [-0.15, -0.1) is 0 Å². The van der Waals surface area contributed by atoms with Crippen LogP contribution in [-0.4, -0.2) is 48.9 Å². The number of carbonyl (C=O) groups is 1. The van der Waals surface area contributed by atoms with Crippen LogP contribution in [0.25, 0.3) is 0 Å². The number of hydrogen-bond donors (Lipinski definition) is 0. The van der Waals surface area contributed by atoms with Gasteiger partial charge in [0.05, 0.1) is 0 Å². The minimum absolute atomic E-state index is 0.0743. The number of likely N-dealkylation sites (tertiary alicyclic amines) is 1. The number of nitrogens with zero attached hydrogens (tertiary/aromatic N) is 2. The Morgan fingerprint density at radius 1 is 1.28 bits per heavy atom. The molecule has 0 N–H and O–H groups in total. The van der Waals surface area contributed by atoms with Gasteiger partial charge in [-0.05, 0) is 44.3 Å². The summed E-state index contributed by atoms with van der Waals surface area (Å²) in [4.78, 5) is 16.6. The smallest absolute Gasteiger partial charge is 0.289 e. The second kappa shape index (κ2) is 7.27. The highest BCUT2D eigenvalue weighted by molar-refractivity contribution is 5.91. The van der Waals surface area contributed by atoms with Gasteiger partial charge < -0.3 is 19.0 Å². The number of amides is 1.